The number of aryl methyl sites for hydroxylation is 1. The highest BCUT2D eigenvalue weighted by Crippen LogP contribution is 2.31. The zero-order valence-corrected chi connectivity index (χ0v) is 14.2. The maximum atomic E-state index is 12.2. The molecule has 2 aromatic heterocycles. The molecule has 22 heavy (non-hydrogen) atoms. The maximum absolute atomic E-state index is 12.2. The molecule has 0 bridgehead atoms. The minimum atomic E-state index is -0.333. The highest BCUT2D eigenvalue weighted by Gasteiger charge is 2.22. The van der Waals surface area contributed by atoms with Crippen LogP contribution in [-0.2, 0) is 7.05 Å². The Morgan fingerprint density at radius 3 is 2.82 bits per heavy atom. The second-order valence-electron chi connectivity index (χ2n) is 5.13. The van der Waals surface area contributed by atoms with Gasteiger partial charge in [-0.05, 0) is 32.0 Å². The van der Waals surface area contributed by atoms with Crippen molar-refractivity contribution in [2.24, 2.45) is 7.05 Å². The molecule has 0 saturated carbocycles. The molecule has 0 atom stereocenters. The molecule has 2 aromatic rings. The maximum Gasteiger partial charge on any atom is 0.260 e. The van der Waals surface area contributed by atoms with Crippen LogP contribution in [0, 0.1) is 0 Å². The van der Waals surface area contributed by atoms with Crippen LogP contribution in [0.4, 0.5) is 5.95 Å². The molecule has 0 aliphatic carbocycles. The summed E-state index contributed by atoms with van der Waals surface area (Å²) >= 11 is 13.0. The summed E-state index contributed by atoms with van der Waals surface area (Å²) in [5.41, 5.74) is 0.350. The number of aromatic nitrogens is 3. The van der Waals surface area contributed by atoms with Gasteiger partial charge in [-0.2, -0.15) is 10.1 Å². The Kier molecular flexibility index (Phi) is 4.67. The number of carbonyl (C=O) groups excluding carboxylic acids is 1. The van der Waals surface area contributed by atoms with Gasteiger partial charge < -0.3 is 5.32 Å². The van der Waals surface area contributed by atoms with Gasteiger partial charge in [-0.15, -0.1) is 11.3 Å². The first-order valence-corrected chi connectivity index (χ1v) is 8.49. The second kappa shape index (κ2) is 6.54. The Hall–Kier alpha value is -1.15. The summed E-state index contributed by atoms with van der Waals surface area (Å²) in [5.74, 6) is 1.18. The average molecular weight is 360 g/mol. The molecule has 2 N–H and O–H groups in total. The average Bonchev–Trinajstić information content (AvgIpc) is 3.03. The van der Waals surface area contributed by atoms with E-state index in [1.165, 1.54) is 0 Å². The number of rotatable bonds is 3. The first-order chi connectivity index (χ1) is 10.5. The van der Waals surface area contributed by atoms with Gasteiger partial charge in [0.25, 0.3) is 5.91 Å². The van der Waals surface area contributed by atoms with Crippen LogP contribution in [0.3, 0.4) is 0 Å². The molecule has 6 nitrogen and oxygen atoms in total. The van der Waals surface area contributed by atoms with Crippen molar-refractivity contribution < 1.29 is 4.79 Å². The van der Waals surface area contributed by atoms with Crippen molar-refractivity contribution in [3.05, 3.63) is 26.1 Å². The molecule has 118 valence electrons. The topological polar surface area (TPSA) is 71.8 Å². The largest absolute Gasteiger partial charge is 0.317 e. The SMILES string of the molecule is Cn1nc(C2CCNCC2)nc1NC(=O)c1cc(Cl)sc1Cl. The Morgan fingerprint density at radius 1 is 1.45 bits per heavy atom. The normalized spacial score (nSPS) is 16.0. The molecule has 1 aliphatic heterocycles. The van der Waals surface area contributed by atoms with Gasteiger partial charge in [-0.1, -0.05) is 23.2 Å². The summed E-state index contributed by atoms with van der Waals surface area (Å²) in [6, 6.07) is 1.55. The highest BCUT2D eigenvalue weighted by molar-refractivity contribution is 7.20. The fraction of sp³-hybridized carbons (Fsp3) is 0.462. The van der Waals surface area contributed by atoms with Gasteiger partial charge in [0.05, 0.1) is 9.90 Å². The number of nitrogens with one attached hydrogen (secondary N) is 2. The van der Waals surface area contributed by atoms with Gasteiger partial charge in [0.1, 0.15) is 4.34 Å². The molecule has 1 amide bonds. The first kappa shape index (κ1) is 15.7. The third kappa shape index (κ3) is 3.27. The van der Waals surface area contributed by atoms with Crippen LogP contribution in [-0.4, -0.2) is 33.8 Å². The zero-order valence-electron chi connectivity index (χ0n) is 11.9. The Bertz CT molecular complexity index is 693. The van der Waals surface area contributed by atoms with Crippen molar-refractivity contribution in [2.45, 2.75) is 18.8 Å². The number of piperidine rings is 1. The van der Waals surface area contributed by atoms with Crippen LogP contribution >= 0.6 is 34.5 Å². The third-order valence-corrected chi connectivity index (χ3v) is 5.10. The number of hydrogen-bond donors (Lipinski definition) is 2. The van der Waals surface area contributed by atoms with E-state index in [1.54, 1.807) is 17.8 Å². The Labute approximate surface area is 141 Å². The van der Waals surface area contributed by atoms with E-state index in [-0.39, 0.29) is 5.91 Å². The highest BCUT2D eigenvalue weighted by atomic mass is 35.5. The van der Waals surface area contributed by atoms with E-state index < -0.39 is 0 Å². The van der Waals surface area contributed by atoms with E-state index in [4.69, 9.17) is 23.2 Å². The van der Waals surface area contributed by atoms with Gasteiger partial charge in [-0.3, -0.25) is 10.1 Å². The Morgan fingerprint density at radius 2 is 2.18 bits per heavy atom. The molecular weight excluding hydrogens is 345 g/mol. The zero-order chi connectivity index (χ0) is 15.7. The van der Waals surface area contributed by atoms with E-state index in [1.807, 2.05) is 0 Å². The quantitative estimate of drug-likeness (QED) is 0.883. The van der Waals surface area contributed by atoms with Crippen LogP contribution in [0.25, 0.3) is 0 Å². The number of thiophene rings is 1. The summed E-state index contributed by atoms with van der Waals surface area (Å²) < 4.78 is 2.42. The molecule has 0 aromatic carbocycles. The number of halogens is 2. The van der Waals surface area contributed by atoms with E-state index in [0.717, 1.165) is 43.1 Å². The molecule has 1 saturated heterocycles. The van der Waals surface area contributed by atoms with Crippen LogP contribution in [0.1, 0.15) is 34.9 Å². The van der Waals surface area contributed by atoms with Gasteiger partial charge in [0.2, 0.25) is 5.95 Å². The molecule has 9 heteroatoms. The van der Waals surface area contributed by atoms with Crippen LogP contribution in [0.5, 0.6) is 0 Å². The Balaban J connectivity index is 1.76. The smallest absolute Gasteiger partial charge is 0.260 e. The predicted molar refractivity (Wildman–Crippen MR) is 88.1 cm³/mol. The molecule has 1 fully saturated rings. The van der Waals surface area contributed by atoms with E-state index in [9.17, 15) is 4.79 Å². The molecule has 0 unspecified atom stereocenters. The van der Waals surface area contributed by atoms with Gasteiger partial charge in [0.15, 0.2) is 5.82 Å². The summed E-state index contributed by atoms with van der Waals surface area (Å²) in [4.78, 5) is 16.7. The fourth-order valence-electron chi connectivity index (χ4n) is 2.43. The van der Waals surface area contributed by atoms with E-state index in [0.29, 0.717) is 26.1 Å². The second-order valence-corrected chi connectivity index (χ2v) is 7.42. The standard InChI is InChI=1S/C13H15Cl2N5OS/c1-20-13(17-11(19-20)7-2-4-16-5-3-7)18-12(21)8-6-9(14)22-10(8)15/h6-7,16H,2-5H2,1H3,(H,17,18,19,21). The number of amides is 1. The van der Waals surface area contributed by atoms with E-state index >= 15 is 0 Å². The predicted octanol–water partition coefficient (Wildman–Crippen LogP) is 2.90. The minimum absolute atomic E-state index is 0.331. The van der Waals surface area contributed by atoms with E-state index in [2.05, 4.69) is 20.7 Å². The van der Waals surface area contributed by atoms with Crippen molar-refractivity contribution in [2.75, 3.05) is 18.4 Å². The lowest BCUT2D eigenvalue weighted by atomic mass is 9.98. The van der Waals surface area contributed by atoms with Gasteiger partial charge in [-0.25, -0.2) is 4.68 Å². The van der Waals surface area contributed by atoms with Crippen molar-refractivity contribution in [3.8, 4) is 0 Å². The molecule has 1 aliphatic rings. The van der Waals surface area contributed by atoms with Crippen molar-refractivity contribution in [3.63, 3.8) is 0 Å². The van der Waals surface area contributed by atoms with Gasteiger partial charge >= 0.3 is 0 Å². The molecular formula is C13H15Cl2N5OS. The van der Waals surface area contributed by atoms with Crippen LogP contribution < -0.4 is 10.6 Å². The lowest BCUT2D eigenvalue weighted by Crippen LogP contribution is -2.27. The molecule has 3 rings (SSSR count). The van der Waals surface area contributed by atoms with Crippen LogP contribution in [0.2, 0.25) is 8.67 Å². The lowest BCUT2D eigenvalue weighted by molar-refractivity contribution is 0.102. The monoisotopic (exact) mass is 359 g/mol. The molecule has 0 radical (unpaired) electrons. The van der Waals surface area contributed by atoms with Crippen LogP contribution in [0.15, 0.2) is 6.07 Å². The summed E-state index contributed by atoms with van der Waals surface area (Å²) in [7, 11) is 1.76. The first-order valence-electron chi connectivity index (χ1n) is 6.92. The molecule has 0 spiro atoms. The van der Waals surface area contributed by atoms with Gasteiger partial charge in [0, 0.05) is 13.0 Å². The minimum Gasteiger partial charge on any atom is -0.317 e. The number of carbonyl (C=O) groups is 1. The number of anilines is 1. The number of hydrogen-bond acceptors (Lipinski definition) is 5. The van der Waals surface area contributed by atoms with Crippen molar-refractivity contribution in [1.29, 1.82) is 0 Å². The van der Waals surface area contributed by atoms with Crippen molar-refractivity contribution >= 4 is 46.4 Å². The number of nitrogens with zero attached hydrogens (tertiary/aromatic N) is 3. The summed E-state index contributed by atoms with van der Waals surface area (Å²) in [6.07, 6.45) is 2.01. The fourth-order valence-corrected chi connectivity index (χ4v) is 3.89. The lowest BCUT2D eigenvalue weighted by Gasteiger charge is -2.19. The summed E-state index contributed by atoms with van der Waals surface area (Å²) in [5, 5.41) is 10.5. The molecule has 3 heterocycles. The third-order valence-electron chi connectivity index (χ3n) is 3.61. The summed E-state index contributed by atoms with van der Waals surface area (Å²) in [6.45, 7) is 1.93. The van der Waals surface area contributed by atoms with Crippen molar-refractivity contribution in [1.82, 2.24) is 20.1 Å².